The van der Waals surface area contributed by atoms with Gasteiger partial charge in [0.2, 0.25) is 0 Å². The van der Waals surface area contributed by atoms with E-state index in [0.29, 0.717) is 12.0 Å². The zero-order valence-electron chi connectivity index (χ0n) is 11.8. The van der Waals surface area contributed by atoms with Crippen LogP contribution in [0.25, 0.3) is 11.0 Å². The number of hydrogen-bond donors (Lipinski definition) is 0. The monoisotopic (exact) mass is 347 g/mol. The molecular formula is C16H18BrN3O. The van der Waals surface area contributed by atoms with Gasteiger partial charge >= 0.3 is 0 Å². The number of hydrogen-bond acceptors (Lipinski definition) is 4. The average molecular weight is 348 g/mol. The van der Waals surface area contributed by atoms with Crippen LogP contribution in [0, 0.1) is 5.92 Å². The van der Waals surface area contributed by atoms with Crippen molar-refractivity contribution < 1.29 is 4.74 Å². The number of fused-ring (bicyclic) bond motifs is 2. The van der Waals surface area contributed by atoms with Gasteiger partial charge in [-0.25, -0.2) is 0 Å². The molecule has 2 aromatic heterocycles. The molecule has 4 nitrogen and oxygen atoms in total. The highest BCUT2D eigenvalue weighted by atomic mass is 79.9. The molecule has 0 N–H and O–H groups in total. The summed E-state index contributed by atoms with van der Waals surface area (Å²) in [7, 11) is 0. The molecule has 4 rings (SSSR count). The molecule has 110 valence electrons. The van der Waals surface area contributed by atoms with E-state index in [4.69, 9.17) is 4.74 Å². The van der Waals surface area contributed by atoms with Gasteiger partial charge in [0, 0.05) is 42.5 Å². The summed E-state index contributed by atoms with van der Waals surface area (Å²) >= 11 is 3.47. The number of ether oxygens (including phenoxy) is 1. The molecule has 4 heterocycles. The fourth-order valence-electron chi connectivity index (χ4n) is 3.55. The first-order valence-electron chi connectivity index (χ1n) is 7.58. The summed E-state index contributed by atoms with van der Waals surface area (Å²) in [6.45, 7) is 3.05. The molecule has 2 fully saturated rings. The van der Waals surface area contributed by atoms with Crippen LogP contribution < -0.4 is 4.90 Å². The molecule has 0 unspecified atom stereocenters. The number of nitrogens with zero attached hydrogens (tertiary/aromatic N) is 3. The van der Waals surface area contributed by atoms with Crippen molar-refractivity contribution in [3.8, 4) is 0 Å². The van der Waals surface area contributed by atoms with E-state index in [9.17, 15) is 0 Å². The van der Waals surface area contributed by atoms with Gasteiger partial charge in [0.25, 0.3) is 0 Å². The predicted octanol–water partition coefficient (Wildman–Crippen LogP) is 3.40. The van der Waals surface area contributed by atoms with Crippen LogP contribution in [0.1, 0.15) is 19.3 Å². The number of rotatable bonds is 1. The van der Waals surface area contributed by atoms with E-state index >= 15 is 0 Å². The second-order valence-electron chi connectivity index (χ2n) is 5.90. The largest absolute Gasteiger partial charge is 0.378 e. The van der Waals surface area contributed by atoms with Crippen LogP contribution >= 0.6 is 15.9 Å². The Morgan fingerprint density at radius 2 is 2.24 bits per heavy atom. The first-order chi connectivity index (χ1) is 10.3. The standard InChI is InChI=1S/C16H18BrN3O/c17-12-8-13-16(19-9-12)14(3-5-18-13)20-6-4-15-11(10-20)2-1-7-21-15/h3,5,8-9,11,15H,1-2,4,6-7,10H2/t11-,15+/m1/s1. The Kier molecular flexibility index (Phi) is 3.55. The first kappa shape index (κ1) is 13.5. The molecule has 0 aromatic carbocycles. The molecule has 0 amide bonds. The van der Waals surface area contributed by atoms with Crippen molar-refractivity contribution in [1.29, 1.82) is 0 Å². The number of piperidine rings is 1. The van der Waals surface area contributed by atoms with E-state index in [0.717, 1.165) is 41.6 Å². The second-order valence-corrected chi connectivity index (χ2v) is 6.81. The topological polar surface area (TPSA) is 38.2 Å². The van der Waals surface area contributed by atoms with E-state index in [2.05, 4.69) is 36.9 Å². The highest BCUT2D eigenvalue weighted by molar-refractivity contribution is 9.10. The van der Waals surface area contributed by atoms with Crippen molar-refractivity contribution in [1.82, 2.24) is 9.97 Å². The summed E-state index contributed by atoms with van der Waals surface area (Å²) in [5.74, 6) is 0.658. The van der Waals surface area contributed by atoms with Crippen LogP contribution in [0.3, 0.4) is 0 Å². The maximum Gasteiger partial charge on any atom is 0.112 e. The quantitative estimate of drug-likeness (QED) is 0.792. The Hall–Kier alpha value is -1.20. The lowest BCUT2D eigenvalue weighted by atomic mass is 9.88. The minimum Gasteiger partial charge on any atom is -0.378 e. The molecule has 21 heavy (non-hydrogen) atoms. The summed E-state index contributed by atoms with van der Waals surface area (Å²) in [6, 6.07) is 4.12. The summed E-state index contributed by atoms with van der Waals surface area (Å²) in [4.78, 5) is 11.5. The van der Waals surface area contributed by atoms with Crippen LogP contribution in [0.4, 0.5) is 5.69 Å². The molecule has 0 radical (unpaired) electrons. The number of anilines is 1. The number of aromatic nitrogens is 2. The molecule has 0 bridgehead atoms. The van der Waals surface area contributed by atoms with Crippen molar-refractivity contribution in [2.45, 2.75) is 25.4 Å². The third kappa shape index (κ3) is 2.53. The zero-order chi connectivity index (χ0) is 14.2. The summed E-state index contributed by atoms with van der Waals surface area (Å²) in [5, 5.41) is 0. The summed E-state index contributed by atoms with van der Waals surface area (Å²) in [5.41, 5.74) is 3.15. The lowest BCUT2D eigenvalue weighted by molar-refractivity contribution is -0.0356. The fraction of sp³-hybridized carbons (Fsp3) is 0.500. The molecule has 0 aliphatic carbocycles. The van der Waals surface area contributed by atoms with E-state index in [1.54, 1.807) is 0 Å². The maximum absolute atomic E-state index is 5.91. The van der Waals surface area contributed by atoms with Gasteiger partial charge < -0.3 is 9.64 Å². The Morgan fingerprint density at radius 1 is 1.29 bits per heavy atom. The molecule has 2 atom stereocenters. The highest BCUT2D eigenvalue weighted by Crippen LogP contribution is 2.33. The summed E-state index contributed by atoms with van der Waals surface area (Å²) < 4.78 is 6.88. The third-order valence-corrected chi connectivity index (χ3v) is 5.01. The van der Waals surface area contributed by atoms with Crippen LogP contribution in [0.2, 0.25) is 0 Å². The second kappa shape index (κ2) is 5.54. The Morgan fingerprint density at radius 3 is 3.19 bits per heavy atom. The first-order valence-corrected chi connectivity index (χ1v) is 8.37. The summed E-state index contributed by atoms with van der Waals surface area (Å²) in [6.07, 6.45) is 7.79. The normalized spacial score (nSPS) is 25.9. The van der Waals surface area contributed by atoms with E-state index in [1.165, 1.54) is 18.5 Å². The van der Waals surface area contributed by atoms with Crippen LogP contribution in [0.5, 0.6) is 0 Å². The van der Waals surface area contributed by atoms with Gasteiger partial charge in [0.05, 0.1) is 17.3 Å². The third-order valence-electron chi connectivity index (χ3n) is 4.58. The van der Waals surface area contributed by atoms with Gasteiger partial charge in [0.15, 0.2) is 0 Å². The molecule has 2 aliphatic rings. The molecule has 2 aromatic rings. The van der Waals surface area contributed by atoms with Crippen molar-refractivity contribution in [2.75, 3.05) is 24.6 Å². The van der Waals surface area contributed by atoms with E-state index in [-0.39, 0.29) is 0 Å². The molecule has 0 spiro atoms. The van der Waals surface area contributed by atoms with Crippen molar-refractivity contribution in [2.24, 2.45) is 5.92 Å². The predicted molar refractivity (Wildman–Crippen MR) is 86.5 cm³/mol. The molecular weight excluding hydrogens is 330 g/mol. The Balaban J connectivity index is 1.67. The lowest BCUT2D eigenvalue weighted by Crippen LogP contribution is -2.46. The lowest BCUT2D eigenvalue weighted by Gasteiger charge is -2.42. The fourth-order valence-corrected chi connectivity index (χ4v) is 3.87. The highest BCUT2D eigenvalue weighted by Gasteiger charge is 2.32. The molecule has 2 saturated heterocycles. The average Bonchev–Trinajstić information content (AvgIpc) is 2.53. The van der Waals surface area contributed by atoms with Gasteiger partial charge in [-0.05, 0) is 47.3 Å². The number of halogens is 1. The van der Waals surface area contributed by atoms with Gasteiger partial charge in [-0.2, -0.15) is 0 Å². The minimum atomic E-state index is 0.463. The Bertz CT molecular complexity index is 663. The smallest absolute Gasteiger partial charge is 0.112 e. The molecule has 2 aliphatic heterocycles. The van der Waals surface area contributed by atoms with Crippen LogP contribution in [0.15, 0.2) is 29.0 Å². The van der Waals surface area contributed by atoms with Crippen molar-refractivity contribution in [3.05, 3.63) is 29.0 Å². The SMILES string of the molecule is Brc1cnc2c(N3CC[C@@H]4OCCC[C@@H]4C3)ccnc2c1. The van der Waals surface area contributed by atoms with Gasteiger partial charge in [0.1, 0.15) is 5.52 Å². The van der Waals surface area contributed by atoms with Gasteiger partial charge in [-0.1, -0.05) is 0 Å². The molecule has 5 heteroatoms. The van der Waals surface area contributed by atoms with Crippen LogP contribution in [-0.4, -0.2) is 35.8 Å². The van der Waals surface area contributed by atoms with Gasteiger partial charge in [-0.15, -0.1) is 0 Å². The van der Waals surface area contributed by atoms with Crippen molar-refractivity contribution >= 4 is 32.7 Å². The molecule has 0 saturated carbocycles. The number of pyridine rings is 2. The zero-order valence-corrected chi connectivity index (χ0v) is 13.4. The maximum atomic E-state index is 5.91. The van der Waals surface area contributed by atoms with E-state index in [1.807, 2.05) is 18.5 Å². The Labute approximate surface area is 132 Å². The van der Waals surface area contributed by atoms with Gasteiger partial charge in [-0.3, -0.25) is 9.97 Å². The van der Waals surface area contributed by atoms with Crippen molar-refractivity contribution in [3.63, 3.8) is 0 Å². The van der Waals surface area contributed by atoms with Crippen LogP contribution in [-0.2, 0) is 4.74 Å². The minimum absolute atomic E-state index is 0.463. The van der Waals surface area contributed by atoms with E-state index < -0.39 is 0 Å².